The molecular weight excluding hydrogens is 444 g/mol. The lowest BCUT2D eigenvalue weighted by molar-refractivity contribution is -0.132. The average Bonchev–Trinajstić information content (AvgIpc) is 3.00. The zero-order valence-electron chi connectivity index (χ0n) is 18.8. The minimum Gasteiger partial charge on any atom is -0.490 e. The molecule has 3 rings (SSSR count). The van der Waals surface area contributed by atoms with Crippen LogP contribution in [0, 0.1) is 13.8 Å². The first kappa shape index (κ1) is 24.1. The van der Waals surface area contributed by atoms with E-state index in [4.69, 9.17) is 9.47 Å². The van der Waals surface area contributed by atoms with Gasteiger partial charge in [0.15, 0.2) is 11.5 Å². The molecule has 1 aliphatic rings. The van der Waals surface area contributed by atoms with Crippen molar-refractivity contribution in [2.24, 2.45) is 0 Å². The maximum Gasteiger partial charge on any atom is 0.308 e. The van der Waals surface area contributed by atoms with Crippen molar-refractivity contribution in [1.82, 2.24) is 4.90 Å². The first-order chi connectivity index (χ1) is 15.7. The maximum absolute atomic E-state index is 12.8. The van der Waals surface area contributed by atoms with Crippen molar-refractivity contribution in [2.75, 3.05) is 18.5 Å². The van der Waals surface area contributed by atoms with E-state index in [0.717, 1.165) is 27.8 Å². The number of aryl methyl sites for hydroxylation is 2. The summed E-state index contributed by atoms with van der Waals surface area (Å²) in [6, 6.07) is 10.4. The van der Waals surface area contributed by atoms with Crippen molar-refractivity contribution < 1.29 is 28.7 Å². The Kier molecular flexibility index (Phi) is 7.55. The van der Waals surface area contributed by atoms with Crippen LogP contribution in [-0.2, 0) is 14.4 Å². The van der Waals surface area contributed by atoms with Gasteiger partial charge in [0.2, 0.25) is 5.91 Å². The summed E-state index contributed by atoms with van der Waals surface area (Å²) in [5, 5.41) is 2.26. The Hall–Kier alpha value is -3.59. The van der Waals surface area contributed by atoms with Crippen molar-refractivity contribution in [3.05, 3.63) is 58.0 Å². The molecule has 33 heavy (non-hydrogen) atoms. The van der Waals surface area contributed by atoms with E-state index in [-0.39, 0.29) is 17.2 Å². The normalized spacial score (nSPS) is 14.5. The number of nitrogens with one attached hydrogen (secondary N) is 1. The molecular formula is C24H24N2O6S. The number of carbonyl (C=O) groups excluding carboxylic acids is 4. The topological polar surface area (TPSA) is 102 Å². The van der Waals surface area contributed by atoms with Gasteiger partial charge in [-0.25, -0.2) is 0 Å². The molecule has 9 heteroatoms. The largest absolute Gasteiger partial charge is 0.490 e. The van der Waals surface area contributed by atoms with E-state index in [0.29, 0.717) is 23.6 Å². The number of rotatable bonds is 7. The van der Waals surface area contributed by atoms with Crippen molar-refractivity contribution >= 4 is 46.5 Å². The second kappa shape index (κ2) is 10.4. The first-order valence-corrected chi connectivity index (χ1v) is 11.1. The highest BCUT2D eigenvalue weighted by Crippen LogP contribution is 2.34. The minimum absolute atomic E-state index is 0.183. The van der Waals surface area contributed by atoms with Gasteiger partial charge in [-0.05, 0) is 67.4 Å². The molecule has 1 fully saturated rings. The van der Waals surface area contributed by atoms with E-state index in [1.54, 1.807) is 25.1 Å². The smallest absolute Gasteiger partial charge is 0.308 e. The quantitative estimate of drug-likeness (QED) is 0.367. The fraction of sp³-hybridized carbons (Fsp3) is 0.250. The van der Waals surface area contributed by atoms with Gasteiger partial charge < -0.3 is 14.8 Å². The van der Waals surface area contributed by atoms with Gasteiger partial charge in [0.05, 0.1) is 11.5 Å². The number of para-hydroxylation sites is 1. The van der Waals surface area contributed by atoms with E-state index in [9.17, 15) is 19.2 Å². The van der Waals surface area contributed by atoms with Gasteiger partial charge in [-0.3, -0.25) is 24.1 Å². The number of hydrogen-bond donors (Lipinski definition) is 1. The molecule has 0 bridgehead atoms. The Bertz CT molecular complexity index is 1140. The lowest BCUT2D eigenvalue weighted by Gasteiger charge is -2.15. The second-order valence-corrected chi connectivity index (χ2v) is 8.31. The molecule has 0 radical (unpaired) electrons. The van der Waals surface area contributed by atoms with Crippen LogP contribution in [0.3, 0.4) is 0 Å². The molecule has 0 aliphatic carbocycles. The second-order valence-electron chi connectivity index (χ2n) is 7.32. The summed E-state index contributed by atoms with van der Waals surface area (Å²) >= 11 is 0.758. The van der Waals surface area contributed by atoms with Gasteiger partial charge in [0.1, 0.15) is 6.54 Å². The van der Waals surface area contributed by atoms with Crippen molar-refractivity contribution in [2.45, 2.75) is 27.7 Å². The highest BCUT2D eigenvalue weighted by Gasteiger charge is 2.36. The molecule has 1 heterocycles. The Morgan fingerprint density at radius 2 is 1.79 bits per heavy atom. The van der Waals surface area contributed by atoms with E-state index >= 15 is 0 Å². The van der Waals surface area contributed by atoms with Crippen LogP contribution >= 0.6 is 11.8 Å². The molecule has 2 aromatic carbocycles. The average molecular weight is 469 g/mol. The Labute approximate surface area is 195 Å². The number of hydrogen-bond acceptors (Lipinski definition) is 7. The van der Waals surface area contributed by atoms with Gasteiger partial charge in [-0.2, -0.15) is 0 Å². The van der Waals surface area contributed by atoms with Crippen LogP contribution < -0.4 is 14.8 Å². The molecule has 0 aromatic heterocycles. The number of esters is 1. The Morgan fingerprint density at radius 1 is 1.09 bits per heavy atom. The van der Waals surface area contributed by atoms with E-state index in [1.807, 2.05) is 32.0 Å². The summed E-state index contributed by atoms with van der Waals surface area (Å²) < 4.78 is 10.6. The zero-order chi connectivity index (χ0) is 24.1. The van der Waals surface area contributed by atoms with Gasteiger partial charge in [0.25, 0.3) is 11.1 Å². The van der Waals surface area contributed by atoms with Crippen LogP contribution in [0.1, 0.15) is 30.5 Å². The van der Waals surface area contributed by atoms with Crippen molar-refractivity contribution in [3.63, 3.8) is 0 Å². The number of benzene rings is 2. The lowest BCUT2D eigenvalue weighted by atomic mass is 10.1. The SMILES string of the molecule is CCOc1cc(/C=C2/SC(=O)N(CC(=O)Nc3c(C)cccc3C)C2=O)ccc1OC(C)=O. The molecule has 172 valence electrons. The number of carbonyl (C=O) groups is 4. The van der Waals surface area contributed by atoms with Crippen LogP contribution in [0.5, 0.6) is 11.5 Å². The molecule has 2 aromatic rings. The molecule has 3 amide bonds. The standard InChI is InChI=1S/C24H24N2O6S/c1-5-31-19-11-17(9-10-18(19)32-16(4)27)12-20-23(29)26(24(30)33-20)13-21(28)25-22-14(2)7-6-8-15(22)3/h6-12H,5,13H2,1-4H3,(H,25,28)/b20-12+. The highest BCUT2D eigenvalue weighted by atomic mass is 32.2. The van der Waals surface area contributed by atoms with Crippen LogP contribution in [0.2, 0.25) is 0 Å². The fourth-order valence-electron chi connectivity index (χ4n) is 3.24. The summed E-state index contributed by atoms with van der Waals surface area (Å²) in [5.41, 5.74) is 3.03. The molecule has 0 saturated carbocycles. The molecule has 0 unspecified atom stereocenters. The zero-order valence-corrected chi connectivity index (χ0v) is 19.6. The van der Waals surface area contributed by atoms with Crippen LogP contribution in [0.4, 0.5) is 10.5 Å². The van der Waals surface area contributed by atoms with Gasteiger partial charge in [-0.1, -0.05) is 24.3 Å². The summed E-state index contributed by atoms with van der Waals surface area (Å²) in [4.78, 5) is 50.1. The Balaban J connectivity index is 1.76. The number of imide groups is 1. The molecule has 0 spiro atoms. The number of nitrogens with zero attached hydrogens (tertiary/aromatic N) is 1. The van der Waals surface area contributed by atoms with Crippen molar-refractivity contribution in [1.29, 1.82) is 0 Å². The summed E-state index contributed by atoms with van der Waals surface area (Å²) in [6.45, 7) is 6.79. The maximum atomic E-state index is 12.8. The third-order valence-electron chi connectivity index (χ3n) is 4.74. The molecule has 0 atom stereocenters. The predicted molar refractivity (Wildman–Crippen MR) is 126 cm³/mol. The van der Waals surface area contributed by atoms with E-state index in [2.05, 4.69) is 5.32 Å². The third-order valence-corrected chi connectivity index (χ3v) is 5.65. The van der Waals surface area contributed by atoms with Crippen LogP contribution in [-0.4, -0.2) is 41.1 Å². The van der Waals surface area contributed by atoms with Crippen LogP contribution in [0.15, 0.2) is 41.3 Å². The van der Waals surface area contributed by atoms with Gasteiger partial charge in [0, 0.05) is 12.6 Å². The number of amides is 3. The monoisotopic (exact) mass is 468 g/mol. The lowest BCUT2D eigenvalue weighted by Crippen LogP contribution is -2.36. The van der Waals surface area contributed by atoms with E-state index in [1.165, 1.54) is 13.0 Å². The summed E-state index contributed by atoms with van der Waals surface area (Å²) in [6.07, 6.45) is 1.54. The number of anilines is 1. The van der Waals surface area contributed by atoms with Gasteiger partial charge >= 0.3 is 5.97 Å². The first-order valence-electron chi connectivity index (χ1n) is 10.3. The molecule has 1 N–H and O–H groups in total. The predicted octanol–water partition coefficient (Wildman–Crippen LogP) is 4.30. The third kappa shape index (κ3) is 5.81. The Morgan fingerprint density at radius 3 is 2.42 bits per heavy atom. The summed E-state index contributed by atoms with van der Waals surface area (Å²) in [5.74, 6) is -0.889. The highest BCUT2D eigenvalue weighted by molar-refractivity contribution is 8.18. The molecule has 1 aliphatic heterocycles. The van der Waals surface area contributed by atoms with Gasteiger partial charge in [-0.15, -0.1) is 0 Å². The minimum atomic E-state index is -0.552. The van der Waals surface area contributed by atoms with Crippen molar-refractivity contribution in [3.8, 4) is 11.5 Å². The molecule has 8 nitrogen and oxygen atoms in total. The number of ether oxygens (including phenoxy) is 2. The van der Waals surface area contributed by atoms with E-state index < -0.39 is 23.0 Å². The summed E-state index contributed by atoms with van der Waals surface area (Å²) in [7, 11) is 0. The van der Waals surface area contributed by atoms with Crippen LogP contribution in [0.25, 0.3) is 6.08 Å². The molecule has 1 saturated heterocycles. The number of thioether (sulfide) groups is 1. The fourth-order valence-corrected chi connectivity index (χ4v) is 4.08.